The Kier molecular flexibility index (Phi) is 19.4. The van der Waals surface area contributed by atoms with E-state index in [2.05, 4.69) is 73.2 Å². The predicted molar refractivity (Wildman–Crippen MR) is 198 cm³/mol. The molecule has 0 saturated heterocycles. The molecule has 248 valence electrons. The van der Waals surface area contributed by atoms with Gasteiger partial charge in [0.05, 0.1) is 0 Å². The fourth-order valence-electron chi connectivity index (χ4n) is 7.07. The third-order valence-electron chi connectivity index (χ3n) is 9.96. The van der Waals surface area contributed by atoms with Crippen LogP contribution in [0, 0.1) is 0 Å². The topological polar surface area (TPSA) is 6.48 Å². The first-order valence-corrected chi connectivity index (χ1v) is 19.4. The summed E-state index contributed by atoms with van der Waals surface area (Å²) in [5, 5.41) is 0. The van der Waals surface area contributed by atoms with E-state index in [1.54, 1.807) is 11.1 Å². The van der Waals surface area contributed by atoms with E-state index >= 15 is 0 Å². The van der Waals surface area contributed by atoms with Crippen LogP contribution < -0.4 is 4.90 Å². The van der Waals surface area contributed by atoms with Gasteiger partial charge in [0.25, 0.3) is 0 Å². The Morgan fingerprint density at radius 3 is 1.68 bits per heavy atom. The van der Waals surface area contributed by atoms with Crippen LogP contribution in [0.25, 0.3) is 6.08 Å². The molecule has 1 aliphatic heterocycles. The van der Waals surface area contributed by atoms with Crippen molar-refractivity contribution in [2.45, 2.75) is 168 Å². The third kappa shape index (κ3) is 14.4. The van der Waals surface area contributed by atoms with E-state index in [9.17, 15) is 0 Å². The number of rotatable bonds is 25. The standard InChI is InChI=1S/C42H70N2/c1-4-7-10-11-12-13-14-15-16-17-18-19-20-21-22-23-32-43-35-31-42-39(25-24-26-40(42)37-43)36-38-27-29-41(30-28-38)44(33-8-5-2)34-9-6-3/h27-31,35-36H,4-26,32-34,37H2,1-3H3. The first kappa shape index (κ1) is 36.5. The minimum Gasteiger partial charge on any atom is -0.373 e. The van der Waals surface area contributed by atoms with Gasteiger partial charge in [-0.2, -0.15) is 0 Å². The first-order valence-electron chi connectivity index (χ1n) is 19.4. The summed E-state index contributed by atoms with van der Waals surface area (Å²) in [6, 6.07) is 9.40. The van der Waals surface area contributed by atoms with Gasteiger partial charge >= 0.3 is 0 Å². The third-order valence-corrected chi connectivity index (χ3v) is 9.96. The largest absolute Gasteiger partial charge is 0.373 e. The molecule has 0 fully saturated rings. The second-order valence-electron chi connectivity index (χ2n) is 13.9. The van der Waals surface area contributed by atoms with Crippen molar-refractivity contribution in [2.75, 3.05) is 31.1 Å². The highest BCUT2D eigenvalue weighted by atomic mass is 15.1. The molecule has 1 aromatic carbocycles. The van der Waals surface area contributed by atoms with E-state index in [1.807, 2.05) is 0 Å². The average Bonchev–Trinajstić information content (AvgIpc) is 3.05. The number of hydrogen-bond acceptors (Lipinski definition) is 2. The summed E-state index contributed by atoms with van der Waals surface area (Å²) in [7, 11) is 0. The molecule has 2 nitrogen and oxygen atoms in total. The molecule has 0 unspecified atom stereocenters. The molecule has 0 saturated carbocycles. The lowest BCUT2D eigenvalue weighted by atomic mass is 9.84. The summed E-state index contributed by atoms with van der Waals surface area (Å²) < 4.78 is 0. The van der Waals surface area contributed by atoms with E-state index in [0.717, 1.165) is 6.54 Å². The van der Waals surface area contributed by atoms with Crippen molar-refractivity contribution in [3.8, 4) is 0 Å². The Hall–Kier alpha value is -1.96. The molecule has 1 aromatic rings. The van der Waals surface area contributed by atoms with Gasteiger partial charge in [0.15, 0.2) is 0 Å². The van der Waals surface area contributed by atoms with E-state index in [1.165, 1.54) is 184 Å². The van der Waals surface area contributed by atoms with E-state index < -0.39 is 0 Å². The SMILES string of the molecule is CCCCCCCCCCCCCCCCCCN1C=CC2=C(CCCC2=Cc2ccc(N(CCCC)CCCC)cc2)C1. The van der Waals surface area contributed by atoms with Crippen molar-refractivity contribution in [2.24, 2.45) is 0 Å². The van der Waals surface area contributed by atoms with Gasteiger partial charge in [-0.3, -0.25) is 0 Å². The van der Waals surface area contributed by atoms with Crippen LogP contribution >= 0.6 is 0 Å². The van der Waals surface area contributed by atoms with Crippen LogP contribution in [0.15, 0.2) is 53.3 Å². The summed E-state index contributed by atoms with van der Waals surface area (Å²) >= 11 is 0. The molecule has 0 spiro atoms. The average molecular weight is 603 g/mol. The van der Waals surface area contributed by atoms with E-state index in [4.69, 9.17) is 0 Å². The molecule has 44 heavy (non-hydrogen) atoms. The minimum absolute atomic E-state index is 1.14. The van der Waals surface area contributed by atoms with Gasteiger partial charge in [0.1, 0.15) is 0 Å². The van der Waals surface area contributed by atoms with Crippen LogP contribution in [0.4, 0.5) is 5.69 Å². The highest BCUT2D eigenvalue weighted by Gasteiger charge is 2.20. The Labute approximate surface area is 274 Å². The van der Waals surface area contributed by atoms with Crippen LogP contribution in [0.3, 0.4) is 0 Å². The summed E-state index contributed by atoms with van der Waals surface area (Å²) in [6.07, 6.45) is 39.2. The van der Waals surface area contributed by atoms with E-state index in [0.29, 0.717) is 0 Å². The van der Waals surface area contributed by atoms with Crippen molar-refractivity contribution in [3.05, 3.63) is 58.8 Å². The molecule has 2 heteroatoms. The summed E-state index contributed by atoms with van der Waals surface area (Å²) in [4.78, 5) is 5.17. The fourth-order valence-corrected chi connectivity index (χ4v) is 7.07. The molecule has 2 aliphatic rings. The summed E-state index contributed by atoms with van der Waals surface area (Å²) in [6.45, 7) is 11.6. The van der Waals surface area contributed by atoms with Gasteiger partial charge in [-0.15, -0.1) is 0 Å². The van der Waals surface area contributed by atoms with Crippen molar-refractivity contribution >= 4 is 11.8 Å². The normalized spacial score (nSPS) is 15.8. The van der Waals surface area contributed by atoms with Crippen LogP contribution in [0.1, 0.15) is 174 Å². The van der Waals surface area contributed by atoms with E-state index in [-0.39, 0.29) is 0 Å². The number of allylic oxidation sites excluding steroid dienone is 3. The molecule has 0 atom stereocenters. The summed E-state index contributed by atoms with van der Waals surface area (Å²) in [5.74, 6) is 0. The molecule has 0 radical (unpaired) electrons. The van der Waals surface area contributed by atoms with Gasteiger partial charge in [-0.1, -0.05) is 148 Å². The zero-order chi connectivity index (χ0) is 31.1. The molecule has 0 bridgehead atoms. The maximum absolute atomic E-state index is 2.59. The zero-order valence-electron chi connectivity index (χ0n) is 29.5. The molecule has 1 aliphatic carbocycles. The quantitative estimate of drug-likeness (QED) is 0.103. The maximum Gasteiger partial charge on any atom is 0.0392 e. The molecular weight excluding hydrogens is 532 g/mol. The highest BCUT2D eigenvalue weighted by Crippen LogP contribution is 2.35. The molecular formula is C42H70N2. The van der Waals surface area contributed by atoms with Crippen molar-refractivity contribution in [1.82, 2.24) is 4.90 Å². The second kappa shape index (κ2) is 23.4. The van der Waals surface area contributed by atoms with Crippen molar-refractivity contribution in [3.63, 3.8) is 0 Å². The van der Waals surface area contributed by atoms with Gasteiger partial charge in [-0.05, 0) is 85.2 Å². The number of hydrogen-bond donors (Lipinski definition) is 0. The molecule has 0 aromatic heterocycles. The van der Waals surface area contributed by atoms with Crippen LogP contribution in [0.2, 0.25) is 0 Å². The molecule has 0 amide bonds. The smallest absolute Gasteiger partial charge is 0.0392 e. The van der Waals surface area contributed by atoms with Gasteiger partial charge in [-0.25, -0.2) is 0 Å². The Balaban J connectivity index is 1.30. The number of nitrogens with zero attached hydrogens (tertiary/aromatic N) is 2. The van der Waals surface area contributed by atoms with Gasteiger partial charge in [0, 0.05) is 31.9 Å². The highest BCUT2D eigenvalue weighted by molar-refractivity contribution is 5.65. The first-order chi connectivity index (χ1) is 21.7. The minimum atomic E-state index is 1.14. The molecule has 3 rings (SSSR count). The van der Waals surface area contributed by atoms with Crippen molar-refractivity contribution < 1.29 is 0 Å². The van der Waals surface area contributed by atoms with Crippen LogP contribution in [-0.2, 0) is 0 Å². The number of benzene rings is 1. The number of unbranched alkanes of at least 4 members (excludes halogenated alkanes) is 17. The van der Waals surface area contributed by atoms with Gasteiger partial charge < -0.3 is 9.80 Å². The Morgan fingerprint density at radius 2 is 1.14 bits per heavy atom. The monoisotopic (exact) mass is 603 g/mol. The second-order valence-corrected chi connectivity index (χ2v) is 13.9. The fraction of sp³-hybridized carbons (Fsp3) is 0.714. The Morgan fingerprint density at radius 1 is 0.614 bits per heavy atom. The zero-order valence-corrected chi connectivity index (χ0v) is 29.5. The lowest BCUT2D eigenvalue weighted by Gasteiger charge is -2.31. The lowest BCUT2D eigenvalue weighted by Crippen LogP contribution is -2.26. The number of anilines is 1. The lowest BCUT2D eigenvalue weighted by molar-refractivity contribution is 0.375. The maximum atomic E-state index is 2.59. The summed E-state index contributed by atoms with van der Waals surface area (Å²) in [5.41, 5.74) is 7.50. The van der Waals surface area contributed by atoms with Gasteiger partial charge in [0.2, 0.25) is 0 Å². The van der Waals surface area contributed by atoms with Crippen LogP contribution in [0.5, 0.6) is 0 Å². The molecule has 1 heterocycles. The Bertz CT molecular complexity index is 944. The van der Waals surface area contributed by atoms with Crippen molar-refractivity contribution in [1.29, 1.82) is 0 Å². The predicted octanol–water partition coefficient (Wildman–Crippen LogP) is 13.0. The van der Waals surface area contributed by atoms with Crippen LogP contribution in [-0.4, -0.2) is 31.1 Å². The molecule has 0 N–H and O–H groups in total.